The lowest BCUT2D eigenvalue weighted by atomic mass is 9.83. The van der Waals surface area contributed by atoms with Gasteiger partial charge in [0.2, 0.25) is 5.88 Å². The molecule has 1 heterocycles. The van der Waals surface area contributed by atoms with Gasteiger partial charge < -0.3 is 19.9 Å². The van der Waals surface area contributed by atoms with Gasteiger partial charge in [-0.05, 0) is 43.7 Å². The Morgan fingerprint density at radius 1 is 1.19 bits per heavy atom. The van der Waals surface area contributed by atoms with Crippen LogP contribution in [0.4, 0.5) is 0 Å². The molecular formula is C23H19ClN2O5. The number of benzene rings is 2. The molecule has 3 rings (SSSR count). The third-order valence-corrected chi connectivity index (χ3v) is 4.93. The molecule has 2 N–H and O–H groups in total. The first-order chi connectivity index (χ1) is 14.9. The number of ether oxygens (including phenoxy) is 3. The fourth-order valence-electron chi connectivity index (χ4n) is 3.23. The molecule has 7 nitrogen and oxygen atoms in total. The summed E-state index contributed by atoms with van der Waals surface area (Å²) in [6, 6.07) is 15.0. The van der Waals surface area contributed by atoms with Gasteiger partial charge >= 0.3 is 11.9 Å². The van der Waals surface area contributed by atoms with Gasteiger partial charge in [0.15, 0.2) is 0 Å². The maximum absolute atomic E-state index is 12.6. The summed E-state index contributed by atoms with van der Waals surface area (Å²) >= 11 is 6.06. The van der Waals surface area contributed by atoms with E-state index in [4.69, 9.17) is 31.5 Å². The highest BCUT2D eigenvalue weighted by Gasteiger charge is 2.36. The van der Waals surface area contributed by atoms with Gasteiger partial charge in [0.05, 0.1) is 28.7 Å². The van der Waals surface area contributed by atoms with Gasteiger partial charge in [-0.2, -0.15) is 5.26 Å². The minimum atomic E-state index is -0.836. The highest BCUT2D eigenvalue weighted by atomic mass is 35.5. The SMILES string of the molecule is CCOC(=O)C1=C(C)OC(N)=C(C#N)C1c1cccc(OC(=O)c2ccccc2Cl)c1. The first kappa shape index (κ1) is 21.9. The zero-order valence-corrected chi connectivity index (χ0v) is 17.6. The van der Waals surface area contributed by atoms with Gasteiger partial charge in [0.1, 0.15) is 23.2 Å². The second kappa shape index (κ2) is 9.37. The van der Waals surface area contributed by atoms with Gasteiger partial charge in [-0.25, -0.2) is 9.59 Å². The molecule has 0 fully saturated rings. The first-order valence-electron chi connectivity index (χ1n) is 9.39. The number of hydrogen-bond acceptors (Lipinski definition) is 7. The number of nitrogens with zero attached hydrogens (tertiary/aromatic N) is 1. The van der Waals surface area contributed by atoms with E-state index in [1.165, 1.54) is 0 Å². The molecule has 0 aliphatic carbocycles. The van der Waals surface area contributed by atoms with E-state index in [0.29, 0.717) is 5.56 Å². The van der Waals surface area contributed by atoms with Gasteiger partial charge in [-0.3, -0.25) is 0 Å². The number of esters is 2. The van der Waals surface area contributed by atoms with Crippen molar-refractivity contribution in [3.8, 4) is 11.8 Å². The summed E-state index contributed by atoms with van der Waals surface area (Å²) in [5.74, 6) is -1.75. The Labute approximate surface area is 184 Å². The lowest BCUT2D eigenvalue weighted by Gasteiger charge is -2.27. The maximum Gasteiger partial charge on any atom is 0.345 e. The van der Waals surface area contributed by atoms with Crippen LogP contribution in [0.1, 0.15) is 35.7 Å². The van der Waals surface area contributed by atoms with Gasteiger partial charge in [0, 0.05) is 0 Å². The summed E-state index contributed by atoms with van der Waals surface area (Å²) in [5, 5.41) is 9.92. The molecule has 0 saturated carbocycles. The van der Waals surface area contributed by atoms with E-state index >= 15 is 0 Å². The molecule has 1 atom stereocenters. The Balaban J connectivity index is 2.01. The summed E-state index contributed by atoms with van der Waals surface area (Å²) in [5.41, 5.74) is 6.84. The fraction of sp³-hybridized carbons (Fsp3) is 0.174. The molecule has 0 radical (unpaired) electrons. The second-order valence-electron chi connectivity index (χ2n) is 6.56. The normalized spacial score (nSPS) is 15.7. The monoisotopic (exact) mass is 438 g/mol. The largest absolute Gasteiger partial charge is 0.463 e. The number of carbonyl (C=O) groups is 2. The van der Waals surface area contributed by atoms with E-state index in [1.807, 2.05) is 6.07 Å². The molecule has 1 aliphatic rings. The van der Waals surface area contributed by atoms with Crippen LogP contribution in [0.3, 0.4) is 0 Å². The van der Waals surface area contributed by atoms with E-state index in [9.17, 15) is 14.9 Å². The fourth-order valence-corrected chi connectivity index (χ4v) is 3.45. The summed E-state index contributed by atoms with van der Waals surface area (Å²) in [4.78, 5) is 25.1. The summed E-state index contributed by atoms with van der Waals surface area (Å²) < 4.78 is 16.0. The number of halogens is 1. The van der Waals surface area contributed by atoms with E-state index in [2.05, 4.69) is 0 Å². The molecule has 2 aromatic rings. The van der Waals surface area contributed by atoms with Crippen molar-refractivity contribution in [1.29, 1.82) is 5.26 Å². The van der Waals surface area contributed by atoms with Gasteiger partial charge in [-0.1, -0.05) is 35.9 Å². The zero-order valence-electron chi connectivity index (χ0n) is 16.8. The van der Waals surface area contributed by atoms with Gasteiger partial charge in [0.25, 0.3) is 0 Å². The van der Waals surface area contributed by atoms with Crippen molar-refractivity contribution in [3.63, 3.8) is 0 Å². The van der Waals surface area contributed by atoms with Crippen LogP contribution in [0.5, 0.6) is 5.75 Å². The van der Waals surface area contributed by atoms with Crippen LogP contribution in [0, 0.1) is 11.3 Å². The molecule has 8 heteroatoms. The summed E-state index contributed by atoms with van der Waals surface area (Å²) in [6.45, 7) is 3.40. The number of hydrogen-bond donors (Lipinski definition) is 1. The third kappa shape index (κ3) is 4.55. The van der Waals surface area contributed by atoms with Gasteiger partial charge in [-0.15, -0.1) is 0 Å². The van der Waals surface area contributed by atoms with E-state index < -0.39 is 17.9 Å². The third-order valence-electron chi connectivity index (χ3n) is 4.60. The topological polar surface area (TPSA) is 112 Å². The van der Waals surface area contributed by atoms with Crippen molar-refractivity contribution in [3.05, 3.63) is 87.5 Å². The molecule has 0 aromatic heterocycles. The Kier molecular flexibility index (Phi) is 6.63. The zero-order chi connectivity index (χ0) is 22.5. The average molecular weight is 439 g/mol. The number of carbonyl (C=O) groups excluding carboxylic acids is 2. The maximum atomic E-state index is 12.6. The van der Waals surface area contributed by atoms with E-state index in [0.717, 1.165) is 0 Å². The molecule has 0 spiro atoms. The Morgan fingerprint density at radius 2 is 1.94 bits per heavy atom. The van der Waals surface area contributed by atoms with Crippen molar-refractivity contribution in [2.45, 2.75) is 19.8 Å². The molecule has 0 amide bonds. The quantitative estimate of drug-likeness (QED) is 0.549. The van der Waals surface area contributed by atoms with Crippen LogP contribution in [0.2, 0.25) is 5.02 Å². The second-order valence-corrected chi connectivity index (χ2v) is 6.96. The minimum absolute atomic E-state index is 0.0585. The van der Waals surface area contributed by atoms with Crippen LogP contribution in [0.15, 0.2) is 71.3 Å². The Morgan fingerprint density at radius 3 is 2.61 bits per heavy atom. The molecule has 2 aromatic carbocycles. The predicted molar refractivity (Wildman–Crippen MR) is 113 cm³/mol. The lowest BCUT2D eigenvalue weighted by Crippen LogP contribution is -2.25. The van der Waals surface area contributed by atoms with Crippen LogP contribution in [-0.2, 0) is 14.3 Å². The molecule has 0 bridgehead atoms. The Bertz CT molecular complexity index is 1150. The average Bonchev–Trinajstić information content (AvgIpc) is 2.73. The minimum Gasteiger partial charge on any atom is -0.463 e. The van der Waals surface area contributed by atoms with Crippen LogP contribution in [0.25, 0.3) is 0 Å². The van der Waals surface area contributed by atoms with Crippen molar-refractivity contribution < 1.29 is 23.8 Å². The molecule has 31 heavy (non-hydrogen) atoms. The summed E-state index contributed by atoms with van der Waals surface area (Å²) in [6.07, 6.45) is 0. The molecule has 0 saturated heterocycles. The van der Waals surface area contributed by atoms with Crippen LogP contribution < -0.4 is 10.5 Å². The smallest absolute Gasteiger partial charge is 0.345 e. The number of allylic oxidation sites excluding steroid dienone is 2. The van der Waals surface area contributed by atoms with Crippen molar-refractivity contribution in [2.75, 3.05) is 6.61 Å². The van der Waals surface area contributed by atoms with E-state index in [-0.39, 0.29) is 45.7 Å². The number of nitriles is 1. The van der Waals surface area contributed by atoms with Crippen LogP contribution >= 0.6 is 11.6 Å². The van der Waals surface area contributed by atoms with E-state index in [1.54, 1.807) is 62.4 Å². The van der Waals surface area contributed by atoms with Crippen molar-refractivity contribution in [2.24, 2.45) is 5.73 Å². The van der Waals surface area contributed by atoms with Crippen LogP contribution in [-0.4, -0.2) is 18.5 Å². The van der Waals surface area contributed by atoms with Crippen molar-refractivity contribution >= 4 is 23.5 Å². The Hall–Kier alpha value is -3.76. The van der Waals surface area contributed by atoms with Crippen molar-refractivity contribution in [1.82, 2.24) is 0 Å². The molecule has 158 valence electrons. The number of nitrogens with two attached hydrogens (primary N) is 1. The highest BCUT2D eigenvalue weighted by molar-refractivity contribution is 6.33. The molecule has 1 unspecified atom stereocenters. The molecular weight excluding hydrogens is 420 g/mol. The summed E-state index contributed by atoms with van der Waals surface area (Å²) in [7, 11) is 0. The standard InChI is InChI=1S/C23H19ClN2O5/c1-3-29-23(28)19-13(2)30-21(26)17(12-25)20(19)14-7-6-8-15(11-14)31-22(27)16-9-4-5-10-18(16)24/h4-11,20H,3,26H2,1-2H3. The highest BCUT2D eigenvalue weighted by Crippen LogP contribution is 2.40. The first-order valence-corrected chi connectivity index (χ1v) is 9.77. The molecule has 1 aliphatic heterocycles. The lowest BCUT2D eigenvalue weighted by molar-refractivity contribution is -0.139. The predicted octanol–water partition coefficient (Wildman–Crippen LogP) is 4.20. The number of rotatable bonds is 5.